The summed E-state index contributed by atoms with van der Waals surface area (Å²) in [6.45, 7) is 5.26. The van der Waals surface area contributed by atoms with Gasteiger partial charge in [0.25, 0.3) is 0 Å². The molecule has 2 atom stereocenters. The molecule has 1 aliphatic rings. The molecule has 2 unspecified atom stereocenters. The number of carboxylic acid groups (broad SMARTS) is 1. The fourth-order valence-electron chi connectivity index (χ4n) is 2.76. The molecule has 1 aromatic rings. The predicted molar refractivity (Wildman–Crippen MR) is 94.1 cm³/mol. The number of hydrogen-bond donors (Lipinski definition) is 2. The van der Waals surface area contributed by atoms with E-state index in [0.717, 1.165) is 0 Å². The summed E-state index contributed by atoms with van der Waals surface area (Å²) in [4.78, 5) is 12.3. The summed E-state index contributed by atoms with van der Waals surface area (Å²) in [7, 11) is 0. The molecule has 0 fully saturated rings. The van der Waals surface area contributed by atoms with Crippen molar-refractivity contribution < 1.29 is 14.5 Å². The molecule has 0 saturated carbocycles. The Kier molecular flexibility index (Phi) is 5.68. The van der Waals surface area contributed by atoms with Gasteiger partial charge in [-0.3, -0.25) is 0 Å². The van der Waals surface area contributed by atoms with E-state index in [2.05, 4.69) is 5.32 Å². The Balaban J connectivity index is 2.75. The van der Waals surface area contributed by atoms with Gasteiger partial charge in [0.15, 0.2) is 4.91 Å². The van der Waals surface area contributed by atoms with Crippen LogP contribution in [0.4, 0.5) is 0 Å². The van der Waals surface area contributed by atoms with Crippen LogP contribution in [0.3, 0.4) is 0 Å². The summed E-state index contributed by atoms with van der Waals surface area (Å²) < 4.78 is 12.6. The van der Waals surface area contributed by atoms with E-state index < -0.39 is 23.1 Å². The van der Waals surface area contributed by atoms with Crippen LogP contribution < -0.4 is 5.32 Å². The molecular formula is C16H17Cl2NO3S. The van der Waals surface area contributed by atoms with Crippen molar-refractivity contribution in [3.05, 3.63) is 55.7 Å². The molecule has 0 aromatic heterocycles. The van der Waals surface area contributed by atoms with E-state index in [1.54, 1.807) is 39.0 Å². The second kappa shape index (κ2) is 7.18. The van der Waals surface area contributed by atoms with Gasteiger partial charge in [0.1, 0.15) is 5.75 Å². The summed E-state index contributed by atoms with van der Waals surface area (Å²) in [6.07, 6.45) is 0. The topological polar surface area (TPSA) is 72.4 Å². The smallest absolute Gasteiger partial charge is 0.334 e. The summed E-state index contributed by atoms with van der Waals surface area (Å²) in [5.41, 5.74) is 1.88. The number of allylic oxidation sites excluding steroid dienone is 3. The minimum Gasteiger partial charge on any atom is -0.612 e. The molecule has 0 bridgehead atoms. The van der Waals surface area contributed by atoms with Gasteiger partial charge in [0.05, 0.1) is 27.2 Å². The Bertz CT molecular complexity index is 715. The van der Waals surface area contributed by atoms with Crippen LogP contribution in [0.5, 0.6) is 0 Å². The SMILES string of the molecule is CC[S+]([O-])C1=C(C)NC(C)=C(C(=O)O)C1c1cccc(Cl)c1Cl. The van der Waals surface area contributed by atoms with E-state index in [-0.39, 0.29) is 10.6 Å². The first-order valence-corrected chi connectivity index (χ1v) is 9.11. The van der Waals surface area contributed by atoms with Gasteiger partial charge in [-0.15, -0.1) is 0 Å². The van der Waals surface area contributed by atoms with Crippen molar-refractivity contribution >= 4 is 40.3 Å². The van der Waals surface area contributed by atoms with Crippen LogP contribution in [0, 0.1) is 0 Å². The average molecular weight is 374 g/mol. The van der Waals surface area contributed by atoms with Gasteiger partial charge in [-0.05, 0) is 43.6 Å². The number of nitrogens with one attached hydrogen (secondary N) is 1. The van der Waals surface area contributed by atoms with Gasteiger partial charge in [0.2, 0.25) is 0 Å². The molecule has 7 heteroatoms. The van der Waals surface area contributed by atoms with Gasteiger partial charge >= 0.3 is 5.97 Å². The van der Waals surface area contributed by atoms with Crippen LogP contribution in [-0.2, 0) is 16.0 Å². The van der Waals surface area contributed by atoms with E-state index in [9.17, 15) is 14.5 Å². The first kappa shape index (κ1) is 18.2. The Morgan fingerprint density at radius 1 is 1.35 bits per heavy atom. The highest BCUT2D eigenvalue weighted by molar-refractivity contribution is 7.95. The lowest BCUT2D eigenvalue weighted by Crippen LogP contribution is -2.31. The van der Waals surface area contributed by atoms with Crippen LogP contribution in [0.25, 0.3) is 0 Å². The van der Waals surface area contributed by atoms with Crippen LogP contribution in [0.1, 0.15) is 32.3 Å². The first-order valence-electron chi connectivity index (χ1n) is 7.03. The summed E-state index contributed by atoms with van der Waals surface area (Å²) in [5, 5.41) is 13.3. The fourth-order valence-corrected chi connectivity index (χ4v) is 4.38. The molecule has 1 aliphatic heterocycles. The number of rotatable bonds is 4. The minimum absolute atomic E-state index is 0.136. The fraction of sp³-hybridized carbons (Fsp3) is 0.312. The Morgan fingerprint density at radius 3 is 2.57 bits per heavy atom. The highest BCUT2D eigenvalue weighted by atomic mass is 35.5. The molecule has 0 amide bonds. The number of benzene rings is 1. The number of carbonyl (C=O) groups is 1. The van der Waals surface area contributed by atoms with Crippen LogP contribution in [0.2, 0.25) is 10.0 Å². The number of carboxylic acids is 1. The van der Waals surface area contributed by atoms with Gasteiger partial charge < -0.3 is 15.0 Å². The molecule has 0 radical (unpaired) electrons. The lowest BCUT2D eigenvalue weighted by atomic mass is 9.86. The second-order valence-corrected chi connectivity index (χ2v) is 7.66. The van der Waals surface area contributed by atoms with Gasteiger partial charge in [-0.25, -0.2) is 4.79 Å². The number of halogens is 2. The largest absolute Gasteiger partial charge is 0.612 e. The van der Waals surface area contributed by atoms with Crippen molar-refractivity contribution in [3.8, 4) is 0 Å². The standard InChI is InChI=1S/C16H17Cl2NO3S/c1-4-23(22)15-9(3)19-8(2)12(16(20)21)13(15)10-6-5-7-11(17)14(10)18/h5-7,13,19H,4H2,1-3H3,(H,20,21). The first-order chi connectivity index (χ1) is 10.8. The van der Waals surface area contributed by atoms with Crippen molar-refractivity contribution in [2.24, 2.45) is 0 Å². The van der Waals surface area contributed by atoms with Crippen molar-refractivity contribution in [2.75, 3.05) is 5.75 Å². The van der Waals surface area contributed by atoms with Crippen molar-refractivity contribution in [3.63, 3.8) is 0 Å². The molecular weight excluding hydrogens is 357 g/mol. The normalized spacial score (nSPS) is 19.7. The van der Waals surface area contributed by atoms with Crippen molar-refractivity contribution in [1.29, 1.82) is 0 Å². The maximum atomic E-state index is 12.6. The van der Waals surface area contributed by atoms with Crippen LogP contribution in [0.15, 0.2) is 40.1 Å². The Labute approximate surface area is 148 Å². The Hall–Kier alpha value is -1.14. The second-order valence-electron chi connectivity index (χ2n) is 5.17. The van der Waals surface area contributed by atoms with Crippen LogP contribution >= 0.6 is 23.2 Å². The van der Waals surface area contributed by atoms with E-state index >= 15 is 0 Å². The minimum atomic E-state index is -1.32. The highest BCUT2D eigenvalue weighted by Crippen LogP contribution is 2.44. The monoisotopic (exact) mass is 373 g/mol. The predicted octanol–water partition coefficient (Wildman–Crippen LogP) is 4.04. The summed E-state index contributed by atoms with van der Waals surface area (Å²) in [5.74, 6) is -1.38. The maximum absolute atomic E-state index is 12.6. The molecule has 2 N–H and O–H groups in total. The number of hydrogen-bond acceptors (Lipinski definition) is 3. The summed E-state index contributed by atoms with van der Waals surface area (Å²) >= 11 is 11.1. The maximum Gasteiger partial charge on any atom is 0.334 e. The number of dihydropyridines is 1. The third-order valence-electron chi connectivity index (χ3n) is 3.73. The highest BCUT2D eigenvalue weighted by Gasteiger charge is 2.40. The average Bonchev–Trinajstić information content (AvgIpc) is 2.48. The van der Waals surface area contributed by atoms with E-state index in [1.165, 1.54) is 0 Å². The molecule has 124 valence electrons. The summed E-state index contributed by atoms with van der Waals surface area (Å²) in [6, 6.07) is 5.07. The lowest BCUT2D eigenvalue weighted by molar-refractivity contribution is -0.133. The van der Waals surface area contributed by atoms with Crippen molar-refractivity contribution in [1.82, 2.24) is 5.32 Å². The molecule has 0 aliphatic carbocycles. The van der Waals surface area contributed by atoms with Crippen molar-refractivity contribution in [2.45, 2.75) is 26.7 Å². The quantitative estimate of drug-likeness (QED) is 0.781. The molecule has 23 heavy (non-hydrogen) atoms. The molecule has 0 saturated heterocycles. The third-order valence-corrected chi connectivity index (χ3v) is 6.12. The van der Waals surface area contributed by atoms with E-state index in [0.29, 0.717) is 32.6 Å². The van der Waals surface area contributed by atoms with E-state index in [4.69, 9.17) is 23.2 Å². The Morgan fingerprint density at radius 2 is 2.00 bits per heavy atom. The van der Waals surface area contributed by atoms with Gasteiger partial charge in [-0.2, -0.15) is 0 Å². The van der Waals surface area contributed by atoms with Crippen LogP contribution in [-0.4, -0.2) is 21.4 Å². The third kappa shape index (κ3) is 3.38. The number of aliphatic carboxylic acids is 1. The molecule has 4 nitrogen and oxygen atoms in total. The zero-order valence-corrected chi connectivity index (χ0v) is 15.3. The van der Waals surface area contributed by atoms with E-state index in [1.807, 2.05) is 0 Å². The molecule has 2 rings (SSSR count). The lowest BCUT2D eigenvalue weighted by Gasteiger charge is -2.31. The molecule has 1 aromatic carbocycles. The zero-order valence-electron chi connectivity index (χ0n) is 12.9. The molecule has 1 heterocycles. The zero-order chi connectivity index (χ0) is 17.3. The van der Waals surface area contributed by atoms with Gasteiger partial charge in [0, 0.05) is 5.70 Å². The molecule has 0 spiro atoms. The van der Waals surface area contributed by atoms with Gasteiger partial charge in [-0.1, -0.05) is 35.3 Å².